The molecule has 0 radical (unpaired) electrons. The lowest BCUT2D eigenvalue weighted by atomic mass is 10.0. The molecule has 2 N–H and O–H groups in total. The first-order valence-corrected chi connectivity index (χ1v) is 9.27. The number of hydrogen-bond acceptors (Lipinski definition) is 5. The minimum Gasteiger partial charge on any atom is -0.344 e. The summed E-state index contributed by atoms with van der Waals surface area (Å²) in [5.41, 5.74) is 2.11. The SMILES string of the molecule is Cc1cccc(-c2nnc(NC(=O)[C@@H](NC(=O)C3CC3)C(C)C)s2)c1. The molecule has 0 unspecified atom stereocenters. The summed E-state index contributed by atoms with van der Waals surface area (Å²) in [6.07, 6.45) is 1.82. The molecule has 2 amide bonds. The summed E-state index contributed by atoms with van der Waals surface area (Å²) in [6, 6.07) is 7.40. The van der Waals surface area contributed by atoms with E-state index in [-0.39, 0.29) is 23.7 Å². The van der Waals surface area contributed by atoms with Crippen LogP contribution in [0.3, 0.4) is 0 Å². The molecule has 1 aliphatic rings. The molecule has 0 aliphatic heterocycles. The van der Waals surface area contributed by atoms with E-state index in [4.69, 9.17) is 0 Å². The largest absolute Gasteiger partial charge is 0.344 e. The van der Waals surface area contributed by atoms with Crippen molar-refractivity contribution in [1.82, 2.24) is 15.5 Å². The van der Waals surface area contributed by atoms with E-state index in [1.165, 1.54) is 11.3 Å². The molecular formula is C18H22N4O2S. The average Bonchev–Trinajstić information content (AvgIpc) is 3.32. The highest BCUT2D eigenvalue weighted by Crippen LogP contribution is 2.29. The average molecular weight is 358 g/mol. The van der Waals surface area contributed by atoms with E-state index in [1.807, 2.05) is 45.0 Å². The van der Waals surface area contributed by atoms with Gasteiger partial charge in [0.25, 0.3) is 0 Å². The highest BCUT2D eigenvalue weighted by atomic mass is 32.1. The number of rotatable bonds is 6. The van der Waals surface area contributed by atoms with Crippen molar-refractivity contribution in [3.63, 3.8) is 0 Å². The van der Waals surface area contributed by atoms with Crippen LogP contribution in [-0.2, 0) is 9.59 Å². The number of nitrogens with zero attached hydrogens (tertiary/aromatic N) is 2. The van der Waals surface area contributed by atoms with Gasteiger partial charge < -0.3 is 5.32 Å². The minimum absolute atomic E-state index is 0.00753. The number of amides is 2. The molecular weight excluding hydrogens is 336 g/mol. The molecule has 3 rings (SSSR count). The zero-order valence-electron chi connectivity index (χ0n) is 14.6. The van der Waals surface area contributed by atoms with Crippen LogP contribution in [-0.4, -0.2) is 28.1 Å². The van der Waals surface area contributed by atoms with Crippen LogP contribution in [0.25, 0.3) is 10.6 Å². The van der Waals surface area contributed by atoms with Gasteiger partial charge in [0.2, 0.25) is 16.9 Å². The lowest BCUT2D eigenvalue weighted by Crippen LogP contribution is -2.47. The third kappa shape index (κ3) is 4.42. The molecule has 1 fully saturated rings. The van der Waals surface area contributed by atoms with Crippen molar-refractivity contribution in [2.24, 2.45) is 11.8 Å². The normalized spacial score (nSPS) is 15.0. The number of anilines is 1. The maximum Gasteiger partial charge on any atom is 0.249 e. The third-order valence-corrected chi connectivity index (χ3v) is 5.00. The van der Waals surface area contributed by atoms with Gasteiger partial charge in [0.05, 0.1) is 0 Å². The molecule has 25 heavy (non-hydrogen) atoms. The van der Waals surface area contributed by atoms with Gasteiger partial charge in [-0.25, -0.2) is 0 Å². The highest BCUT2D eigenvalue weighted by molar-refractivity contribution is 7.18. The summed E-state index contributed by atoms with van der Waals surface area (Å²) in [7, 11) is 0. The van der Waals surface area contributed by atoms with Crippen molar-refractivity contribution in [3.05, 3.63) is 29.8 Å². The maximum atomic E-state index is 12.5. The standard InChI is InChI=1S/C18H22N4O2S/c1-10(2)14(19-15(23)12-7-8-12)16(24)20-18-22-21-17(25-18)13-6-4-5-11(3)9-13/h4-6,9-10,12,14H,7-8H2,1-3H3,(H,19,23)(H,20,22,24)/t14-/m0/s1. The highest BCUT2D eigenvalue weighted by Gasteiger charge is 2.33. The summed E-state index contributed by atoms with van der Waals surface area (Å²) in [5, 5.41) is 15.0. The van der Waals surface area contributed by atoms with Crippen LogP contribution in [0, 0.1) is 18.8 Å². The fourth-order valence-electron chi connectivity index (χ4n) is 2.50. The number of hydrogen-bond donors (Lipinski definition) is 2. The first kappa shape index (κ1) is 17.5. The van der Waals surface area contributed by atoms with Gasteiger partial charge in [0.1, 0.15) is 11.0 Å². The number of carbonyl (C=O) groups is 2. The van der Waals surface area contributed by atoms with Gasteiger partial charge in [0.15, 0.2) is 0 Å². The van der Waals surface area contributed by atoms with Crippen molar-refractivity contribution in [2.45, 2.75) is 39.7 Å². The smallest absolute Gasteiger partial charge is 0.249 e. The van der Waals surface area contributed by atoms with Crippen LogP contribution < -0.4 is 10.6 Å². The molecule has 7 heteroatoms. The Kier molecular flexibility index (Phi) is 5.13. The van der Waals surface area contributed by atoms with Gasteiger partial charge >= 0.3 is 0 Å². The second-order valence-corrected chi connectivity index (χ2v) is 7.75. The van der Waals surface area contributed by atoms with Crippen molar-refractivity contribution in [2.75, 3.05) is 5.32 Å². The van der Waals surface area contributed by atoms with Crippen molar-refractivity contribution in [3.8, 4) is 10.6 Å². The Morgan fingerprint density at radius 2 is 2.00 bits per heavy atom. The van der Waals surface area contributed by atoms with Gasteiger partial charge in [-0.3, -0.25) is 14.9 Å². The van der Waals surface area contributed by atoms with Crippen molar-refractivity contribution in [1.29, 1.82) is 0 Å². The van der Waals surface area contributed by atoms with Gasteiger partial charge in [-0.1, -0.05) is 48.9 Å². The number of carbonyl (C=O) groups excluding carboxylic acids is 2. The summed E-state index contributed by atoms with van der Waals surface area (Å²) in [4.78, 5) is 24.5. The van der Waals surface area contributed by atoms with E-state index in [1.54, 1.807) is 0 Å². The predicted molar refractivity (Wildman–Crippen MR) is 98.2 cm³/mol. The fraction of sp³-hybridized carbons (Fsp3) is 0.444. The Bertz CT molecular complexity index is 783. The van der Waals surface area contributed by atoms with Gasteiger partial charge in [-0.15, -0.1) is 10.2 Å². The number of nitrogens with one attached hydrogen (secondary N) is 2. The quantitative estimate of drug-likeness (QED) is 0.831. The Morgan fingerprint density at radius 3 is 2.64 bits per heavy atom. The van der Waals surface area contributed by atoms with Crippen molar-refractivity contribution < 1.29 is 9.59 Å². The van der Waals surface area contributed by atoms with E-state index in [0.29, 0.717) is 5.13 Å². The molecule has 132 valence electrons. The Labute approximate surface area is 151 Å². The van der Waals surface area contributed by atoms with Crippen molar-refractivity contribution >= 4 is 28.3 Å². The second kappa shape index (κ2) is 7.31. The van der Waals surface area contributed by atoms with Gasteiger partial charge in [-0.2, -0.15) is 0 Å². The number of aryl methyl sites for hydroxylation is 1. The van der Waals surface area contributed by atoms with E-state index >= 15 is 0 Å². The number of aromatic nitrogens is 2. The van der Waals surface area contributed by atoms with Crippen LogP contribution in [0.15, 0.2) is 24.3 Å². The summed E-state index contributed by atoms with van der Waals surface area (Å²) in [5.74, 6) is -0.224. The van der Waals surface area contributed by atoms with E-state index in [9.17, 15) is 9.59 Å². The first-order valence-electron chi connectivity index (χ1n) is 8.46. The van der Waals surface area contributed by atoms with Gasteiger partial charge in [0, 0.05) is 11.5 Å². The fourth-order valence-corrected chi connectivity index (χ4v) is 3.25. The molecule has 1 aromatic carbocycles. The number of benzene rings is 1. The van der Waals surface area contributed by atoms with Crippen LogP contribution in [0.1, 0.15) is 32.3 Å². The van der Waals surface area contributed by atoms with Crippen LogP contribution in [0.2, 0.25) is 0 Å². The molecule has 1 aliphatic carbocycles. The monoisotopic (exact) mass is 358 g/mol. The topological polar surface area (TPSA) is 84.0 Å². The van der Waals surface area contributed by atoms with E-state index in [2.05, 4.69) is 20.8 Å². The molecule has 1 aromatic heterocycles. The molecule has 1 heterocycles. The van der Waals surface area contributed by atoms with E-state index in [0.717, 1.165) is 29.0 Å². The molecule has 1 atom stereocenters. The zero-order chi connectivity index (χ0) is 18.0. The Hall–Kier alpha value is -2.28. The lowest BCUT2D eigenvalue weighted by Gasteiger charge is -2.20. The molecule has 0 saturated heterocycles. The summed E-state index contributed by atoms with van der Waals surface area (Å²) >= 11 is 1.32. The van der Waals surface area contributed by atoms with Crippen LogP contribution in [0.5, 0.6) is 0 Å². The molecule has 0 bridgehead atoms. The third-order valence-electron chi connectivity index (χ3n) is 4.12. The molecule has 6 nitrogen and oxygen atoms in total. The summed E-state index contributed by atoms with van der Waals surface area (Å²) < 4.78 is 0. The van der Waals surface area contributed by atoms with E-state index < -0.39 is 6.04 Å². The molecule has 1 saturated carbocycles. The first-order chi connectivity index (χ1) is 11.9. The van der Waals surface area contributed by atoms with Crippen LogP contribution in [0.4, 0.5) is 5.13 Å². The van der Waals surface area contributed by atoms with Gasteiger partial charge in [-0.05, 0) is 31.7 Å². The molecule has 0 spiro atoms. The maximum absolute atomic E-state index is 12.5. The Morgan fingerprint density at radius 1 is 1.24 bits per heavy atom. The Balaban J connectivity index is 1.68. The predicted octanol–water partition coefficient (Wildman–Crippen LogP) is 3.00. The minimum atomic E-state index is -0.570. The zero-order valence-corrected chi connectivity index (χ0v) is 15.4. The lowest BCUT2D eigenvalue weighted by molar-refractivity contribution is -0.128. The molecule has 2 aromatic rings. The second-order valence-electron chi connectivity index (χ2n) is 6.78. The summed E-state index contributed by atoms with van der Waals surface area (Å²) in [6.45, 7) is 5.84. The van der Waals surface area contributed by atoms with Crippen LogP contribution >= 0.6 is 11.3 Å².